The summed E-state index contributed by atoms with van der Waals surface area (Å²) >= 11 is 0. The molecular weight excluding hydrogens is 382 g/mol. The Balaban J connectivity index is 1.61. The molecule has 0 saturated carbocycles. The van der Waals surface area contributed by atoms with Crippen molar-refractivity contribution in [3.8, 4) is 11.5 Å². The third kappa shape index (κ3) is 5.44. The van der Waals surface area contributed by atoms with Crippen LogP contribution in [0, 0.1) is 10.1 Å². The Kier molecular flexibility index (Phi) is 6.16. The number of carbonyl (C=O) groups excluding carboxylic acids is 1. The average molecular weight is 405 g/mol. The number of benzene rings is 3. The van der Waals surface area contributed by atoms with E-state index in [4.69, 9.17) is 9.47 Å². The van der Waals surface area contributed by atoms with Gasteiger partial charge in [0.2, 0.25) is 0 Å². The summed E-state index contributed by atoms with van der Waals surface area (Å²) in [6, 6.07) is 20.4. The van der Waals surface area contributed by atoms with Gasteiger partial charge in [0, 0.05) is 12.1 Å². The van der Waals surface area contributed by atoms with Gasteiger partial charge in [0.05, 0.1) is 10.5 Å². The van der Waals surface area contributed by atoms with Crippen LogP contribution in [0.1, 0.15) is 42.3 Å². The predicted octanol–water partition coefficient (Wildman–Crippen LogP) is 6.04. The van der Waals surface area contributed by atoms with Gasteiger partial charge >= 0.3 is 5.97 Å². The number of hydrogen-bond acceptors (Lipinski definition) is 5. The van der Waals surface area contributed by atoms with Gasteiger partial charge in [0.25, 0.3) is 5.69 Å². The second-order valence-electron chi connectivity index (χ2n) is 7.90. The molecule has 0 N–H and O–H groups in total. The van der Waals surface area contributed by atoms with Crippen molar-refractivity contribution < 1.29 is 19.2 Å². The molecule has 0 fully saturated rings. The molecule has 6 heteroatoms. The van der Waals surface area contributed by atoms with Crippen LogP contribution in [-0.4, -0.2) is 10.9 Å². The second kappa shape index (κ2) is 8.78. The molecule has 0 bridgehead atoms. The summed E-state index contributed by atoms with van der Waals surface area (Å²) in [5, 5.41) is 10.7. The number of ether oxygens (including phenoxy) is 2. The third-order valence-electron chi connectivity index (χ3n) is 4.54. The number of non-ortho nitro benzene ring substituents is 1. The minimum Gasteiger partial charge on any atom is -0.457 e. The second-order valence-corrected chi connectivity index (χ2v) is 7.90. The summed E-state index contributed by atoms with van der Waals surface area (Å²) in [5.41, 5.74) is 2.44. The first-order valence-electron chi connectivity index (χ1n) is 9.51. The zero-order chi connectivity index (χ0) is 21.7. The number of nitrogens with zero attached hydrogens (tertiary/aromatic N) is 1. The quantitative estimate of drug-likeness (QED) is 0.284. The molecule has 0 heterocycles. The molecule has 0 atom stereocenters. The van der Waals surface area contributed by atoms with Crippen molar-refractivity contribution in [2.75, 3.05) is 0 Å². The van der Waals surface area contributed by atoms with Gasteiger partial charge in [-0.05, 0) is 52.9 Å². The van der Waals surface area contributed by atoms with Crippen molar-refractivity contribution in [2.45, 2.75) is 32.8 Å². The van der Waals surface area contributed by atoms with Gasteiger partial charge in [0.15, 0.2) is 0 Å². The first-order valence-corrected chi connectivity index (χ1v) is 9.51. The van der Waals surface area contributed by atoms with Gasteiger partial charge in [-0.1, -0.05) is 45.0 Å². The molecule has 3 rings (SSSR count). The first kappa shape index (κ1) is 21.0. The van der Waals surface area contributed by atoms with Crippen LogP contribution in [0.2, 0.25) is 0 Å². The largest absolute Gasteiger partial charge is 0.457 e. The van der Waals surface area contributed by atoms with Crippen molar-refractivity contribution in [2.24, 2.45) is 0 Å². The fourth-order valence-corrected chi connectivity index (χ4v) is 2.81. The van der Waals surface area contributed by atoms with E-state index in [2.05, 4.69) is 20.8 Å². The van der Waals surface area contributed by atoms with Gasteiger partial charge in [-0.25, -0.2) is 4.79 Å². The highest BCUT2D eigenvalue weighted by Gasteiger charge is 2.15. The third-order valence-corrected chi connectivity index (χ3v) is 4.54. The van der Waals surface area contributed by atoms with E-state index in [0.29, 0.717) is 17.1 Å². The molecule has 3 aromatic carbocycles. The molecule has 0 saturated heterocycles. The Labute approximate surface area is 175 Å². The first-order chi connectivity index (χ1) is 14.2. The van der Waals surface area contributed by atoms with Crippen molar-refractivity contribution in [1.82, 2.24) is 0 Å². The molecule has 6 nitrogen and oxygen atoms in total. The van der Waals surface area contributed by atoms with Gasteiger partial charge in [-0.3, -0.25) is 10.1 Å². The molecule has 0 aliphatic carbocycles. The van der Waals surface area contributed by atoms with E-state index in [1.54, 1.807) is 30.3 Å². The SMILES string of the molecule is CC(C)(C)c1ccc(C(=O)OCc2cccc(Oc3ccc([N+](=O)[O-])cc3)c2)cc1. The highest BCUT2D eigenvalue weighted by Crippen LogP contribution is 2.25. The van der Waals surface area contributed by atoms with Crippen LogP contribution in [0.15, 0.2) is 72.8 Å². The summed E-state index contributed by atoms with van der Waals surface area (Å²) < 4.78 is 11.1. The number of nitro benzene ring substituents is 1. The summed E-state index contributed by atoms with van der Waals surface area (Å²) in [6.45, 7) is 6.46. The van der Waals surface area contributed by atoms with Crippen LogP contribution in [0.5, 0.6) is 11.5 Å². The summed E-state index contributed by atoms with van der Waals surface area (Å²) in [4.78, 5) is 22.6. The number of esters is 1. The van der Waals surface area contributed by atoms with Crippen LogP contribution >= 0.6 is 0 Å². The van der Waals surface area contributed by atoms with E-state index >= 15 is 0 Å². The maximum Gasteiger partial charge on any atom is 0.338 e. The Morgan fingerprint density at radius 2 is 1.60 bits per heavy atom. The maximum atomic E-state index is 12.3. The highest BCUT2D eigenvalue weighted by atomic mass is 16.6. The predicted molar refractivity (Wildman–Crippen MR) is 114 cm³/mol. The molecule has 0 spiro atoms. The number of nitro groups is 1. The number of carbonyl (C=O) groups is 1. The van der Waals surface area contributed by atoms with Crippen LogP contribution < -0.4 is 4.74 Å². The van der Waals surface area contributed by atoms with E-state index in [1.807, 2.05) is 18.2 Å². The van der Waals surface area contributed by atoms with Crippen molar-refractivity contribution in [3.63, 3.8) is 0 Å². The molecule has 0 aliphatic rings. The maximum absolute atomic E-state index is 12.3. The zero-order valence-corrected chi connectivity index (χ0v) is 17.1. The topological polar surface area (TPSA) is 78.7 Å². The fraction of sp³-hybridized carbons (Fsp3) is 0.208. The van der Waals surface area contributed by atoms with Gasteiger partial charge < -0.3 is 9.47 Å². The molecule has 0 radical (unpaired) electrons. The van der Waals surface area contributed by atoms with E-state index in [9.17, 15) is 14.9 Å². The van der Waals surface area contributed by atoms with Crippen molar-refractivity contribution in [1.29, 1.82) is 0 Å². The molecular formula is C24H23NO5. The van der Waals surface area contributed by atoms with Crippen LogP contribution in [0.3, 0.4) is 0 Å². The molecule has 0 amide bonds. The van der Waals surface area contributed by atoms with Crippen LogP contribution in [-0.2, 0) is 16.8 Å². The van der Waals surface area contributed by atoms with Gasteiger partial charge in [-0.2, -0.15) is 0 Å². The smallest absolute Gasteiger partial charge is 0.338 e. The molecule has 3 aromatic rings. The van der Waals surface area contributed by atoms with Crippen LogP contribution in [0.4, 0.5) is 5.69 Å². The Morgan fingerprint density at radius 1 is 0.933 bits per heavy atom. The number of rotatable bonds is 6. The van der Waals surface area contributed by atoms with Crippen molar-refractivity contribution in [3.05, 3.63) is 99.6 Å². The van der Waals surface area contributed by atoms with E-state index in [-0.39, 0.29) is 17.7 Å². The Bertz CT molecular complexity index is 1030. The van der Waals surface area contributed by atoms with E-state index in [1.165, 1.54) is 24.3 Å². The lowest BCUT2D eigenvalue weighted by Crippen LogP contribution is -2.12. The van der Waals surface area contributed by atoms with Gasteiger partial charge in [-0.15, -0.1) is 0 Å². The normalized spacial score (nSPS) is 11.0. The Hall–Kier alpha value is -3.67. The lowest BCUT2D eigenvalue weighted by molar-refractivity contribution is -0.384. The average Bonchev–Trinajstić information content (AvgIpc) is 2.72. The minimum absolute atomic E-state index is 0.00135. The summed E-state index contributed by atoms with van der Waals surface area (Å²) in [7, 11) is 0. The summed E-state index contributed by atoms with van der Waals surface area (Å²) in [6.07, 6.45) is 0. The lowest BCUT2D eigenvalue weighted by atomic mass is 9.87. The zero-order valence-electron chi connectivity index (χ0n) is 17.1. The number of hydrogen-bond donors (Lipinski definition) is 0. The monoisotopic (exact) mass is 405 g/mol. The molecule has 30 heavy (non-hydrogen) atoms. The summed E-state index contributed by atoms with van der Waals surface area (Å²) in [5.74, 6) is 0.637. The van der Waals surface area contributed by atoms with Crippen molar-refractivity contribution >= 4 is 11.7 Å². The highest BCUT2D eigenvalue weighted by molar-refractivity contribution is 5.89. The molecule has 0 aromatic heterocycles. The van der Waals surface area contributed by atoms with E-state index in [0.717, 1.165) is 11.1 Å². The molecule has 154 valence electrons. The Morgan fingerprint density at radius 3 is 2.20 bits per heavy atom. The lowest BCUT2D eigenvalue weighted by Gasteiger charge is -2.18. The standard InChI is InChI=1S/C24H23NO5/c1-24(2,3)19-9-7-18(8-10-19)23(26)29-16-17-5-4-6-22(15-17)30-21-13-11-20(12-14-21)25(27)28/h4-15H,16H2,1-3H3. The molecule has 0 aliphatic heterocycles. The van der Waals surface area contributed by atoms with Crippen LogP contribution in [0.25, 0.3) is 0 Å². The minimum atomic E-state index is -0.463. The van der Waals surface area contributed by atoms with E-state index < -0.39 is 10.9 Å². The fourth-order valence-electron chi connectivity index (χ4n) is 2.81. The molecule has 0 unspecified atom stereocenters. The van der Waals surface area contributed by atoms with Gasteiger partial charge in [0.1, 0.15) is 18.1 Å².